The number of Topliss-reactive ketones (excluding diaryl/α,β-unsaturated/α-hetero) is 1. The third-order valence-corrected chi connectivity index (χ3v) is 5.03. The molecule has 0 bridgehead atoms. The van der Waals surface area contributed by atoms with Crippen LogP contribution in [0.25, 0.3) is 5.76 Å². The highest BCUT2D eigenvalue weighted by atomic mass is 35.5. The molecule has 3 aromatic rings. The summed E-state index contributed by atoms with van der Waals surface area (Å²) in [5.41, 5.74) is 1.08. The number of hydrogen-bond donors (Lipinski definition) is 2. The van der Waals surface area contributed by atoms with Crippen LogP contribution in [0.4, 0.5) is 5.69 Å². The van der Waals surface area contributed by atoms with Crippen LogP contribution >= 0.6 is 11.6 Å². The number of anilines is 1. The standard InChI is InChI=1S/C23H16ClNO4/c24-16-10-6-9-15(13-16)21(27)19-20(14-7-2-1-3-8-14)25(23(29)22(19)28)17-11-4-5-12-18(17)26/h1-13,20,26-27H/b21-19+. The summed E-state index contributed by atoms with van der Waals surface area (Å²) in [6.07, 6.45) is 0. The Morgan fingerprint density at radius 1 is 0.897 bits per heavy atom. The smallest absolute Gasteiger partial charge is 0.300 e. The van der Waals surface area contributed by atoms with E-state index in [1.807, 2.05) is 6.07 Å². The van der Waals surface area contributed by atoms with E-state index in [-0.39, 0.29) is 22.8 Å². The third kappa shape index (κ3) is 3.26. The SMILES string of the molecule is O=C1C(=O)N(c2ccccc2O)C(c2ccccc2)/C1=C(\O)c1cccc(Cl)c1. The second-order valence-corrected chi connectivity index (χ2v) is 7.02. The zero-order chi connectivity index (χ0) is 20.5. The second kappa shape index (κ2) is 7.45. The van der Waals surface area contributed by atoms with E-state index in [9.17, 15) is 19.8 Å². The van der Waals surface area contributed by atoms with Gasteiger partial charge in [-0.15, -0.1) is 0 Å². The fourth-order valence-electron chi connectivity index (χ4n) is 3.49. The molecule has 6 heteroatoms. The van der Waals surface area contributed by atoms with Crippen LogP contribution in [0.1, 0.15) is 17.2 Å². The van der Waals surface area contributed by atoms with Crippen molar-refractivity contribution in [3.8, 4) is 5.75 Å². The second-order valence-electron chi connectivity index (χ2n) is 6.58. The Balaban J connectivity index is 1.97. The van der Waals surface area contributed by atoms with E-state index in [0.29, 0.717) is 16.1 Å². The van der Waals surface area contributed by atoms with E-state index in [4.69, 9.17) is 11.6 Å². The molecule has 1 atom stereocenters. The van der Waals surface area contributed by atoms with Crippen LogP contribution in [0.3, 0.4) is 0 Å². The lowest BCUT2D eigenvalue weighted by molar-refractivity contribution is -0.132. The molecule has 1 heterocycles. The quantitative estimate of drug-likeness (QED) is 0.377. The maximum absolute atomic E-state index is 13.0. The molecule has 0 radical (unpaired) electrons. The Morgan fingerprint density at radius 2 is 1.59 bits per heavy atom. The summed E-state index contributed by atoms with van der Waals surface area (Å²) in [6, 6.07) is 20.7. The average Bonchev–Trinajstić information content (AvgIpc) is 2.99. The molecule has 144 valence electrons. The first kappa shape index (κ1) is 18.8. The van der Waals surface area contributed by atoms with E-state index in [0.717, 1.165) is 0 Å². The van der Waals surface area contributed by atoms with Crippen molar-refractivity contribution in [1.82, 2.24) is 0 Å². The first-order valence-corrected chi connectivity index (χ1v) is 9.26. The fraction of sp³-hybridized carbons (Fsp3) is 0.0435. The predicted molar refractivity (Wildman–Crippen MR) is 111 cm³/mol. The lowest BCUT2D eigenvalue weighted by Gasteiger charge is -2.26. The van der Waals surface area contributed by atoms with Crippen LogP contribution in [-0.4, -0.2) is 21.9 Å². The Labute approximate surface area is 172 Å². The van der Waals surface area contributed by atoms with Crippen molar-refractivity contribution < 1.29 is 19.8 Å². The molecule has 0 aliphatic carbocycles. The van der Waals surface area contributed by atoms with E-state index >= 15 is 0 Å². The van der Waals surface area contributed by atoms with Crippen molar-refractivity contribution in [2.24, 2.45) is 0 Å². The van der Waals surface area contributed by atoms with Gasteiger partial charge in [-0.25, -0.2) is 0 Å². The summed E-state index contributed by atoms with van der Waals surface area (Å²) in [6.45, 7) is 0. The van der Waals surface area contributed by atoms with E-state index in [1.54, 1.807) is 60.7 Å². The number of aliphatic hydroxyl groups is 1. The Morgan fingerprint density at radius 3 is 2.28 bits per heavy atom. The monoisotopic (exact) mass is 405 g/mol. The molecule has 1 unspecified atom stereocenters. The number of carbonyl (C=O) groups is 2. The molecule has 3 aromatic carbocycles. The molecule has 4 rings (SSSR count). The molecule has 1 amide bonds. The topological polar surface area (TPSA) is 77.8 Å². The van der Waals surface area contributed by atoms with E-state index in [1.165, 1.54) is 17.0 Å². The lowest BCUT2D eigenvalue weighted by atomic mass is 9.95. The molecule has 0 aromatic heterocycles. The number of para-hydroxylation sites is 2. The van der Waals surface area contributed by atoms with E-state index < -0.39 is 17.7 Å². The van der Waals surface area contributed by atoms with Gasteiger partial charge in [0.2, 0.25) is 0 Å². The highest BCUT2D eigenvalue weighted by Gasteiger charge is 2.47. The van der Waals surface area contributed by atoms with Gasteiger partial charge in [-0.3, -0.25) is 14.5 Å². The normalized spacial score (nSPS) is 18.2. The number of halogens is 1. The number of carbonyl (C=O) groups excluding carboxylic acids is 2. The van der Waals surface area contributed by atoms with Gasteiger partial charge in [0.05, 0.1) is 17.3 Å². The van der Waals surface area contributed by atoms with Gasteiger partial charge < -0.3 is 10.2 Å². The summed E-state index contributed by atoms with van der Waals surface area (Å²) in [4.78, 5) is 27.1. The number of nitrogens with zero attached hydrogens (tertiary/aromatic N) is 1. The number of phenols is 1. The number of amides is 1. The van der Waals surface area contributed by atoms with Crippen LogP contribution in [-0.2, 0) is 9.59 Å². The molecule has 1 aliphatic rings. The van der Waals surface area contributed by atoms with Gasteiger partial charge in [0.15, 0.2) is 0 Å². The van der Waals surface area contributed by atoms with Crippen molar-refractivity contribution in [3.05, 3.63) is 101 Å². The largest absolute Gasteiger partial charge is 0.507 e. The van der Waals surface area contributed by atoms with Gasteiger partial charge >= 0.3 is 0 Å². The van der Waals surface area contributed by atoms with Crippen molar-refractivity contribution in [1.29, 1.82) is 0 Å². The maximum atomic E-state index is 13.0. The first-order chi connectivity index (χ1) is 14.0. The van der Waals surface area contributed by atoms with Crippen molar-refractivity contribution in [2.75, 3.05) is 4.90 Å². The molecule has 0 saturated carbocycles. The minimum absolute atomic E-state index is 0.0632. The molecule has 1 aliphatic heterocycles. The number of aliphatic hydroxyl groups excluding tert-OH is 1. The zero-order valence-corrected chi connectivity index (χ0v) is 15.9. The Bertz CT molecular complexity index is 1140. The number of rotatable bonds is 3. The highest BCUT2D eigenvalue weighted by Crippen LogP contribution is 2.44. The van der Waals surface area contributed by atoms with Crippen molar-refractivity contribution in [2.45, 2.75) is 6.04 Å². The molecule has 1 saturated heterocycles. The summed E-state index contributed by atoms with van der Waals surface area (Å²) in [7, 11) is 0. The summed E-state index contributed by atoms with van der Waals surface area (Å²) < 4.78 is 0. The fourth-order valence-corrected chi connectivity index (χ4v) is 3.68. The van der Waals surface area contributed by atoms with E-state index in [2.05, 4.69) is 0 Å². The number of phenolic OH excluding ortho intramolecular Hbond substituents is 1. The maximum Gasteiger partial charge on any atom is 0.300 e. The molecule has 29 heavy (non-hydrogen) atoms. The van der Waals surface area contributed by atoms with Gasteiger partial charge in [0.25, 0.3) is 11.7 Å². The molecular formula is C23H16ClNO4. The van der Waals surface area contributed by atoms with Crippen molar-refractivity contribution >= 4 is 34.7 Å². The average molecular weight is 406 g/mol. The van der Waals surface area contributed by atoms with Crippen LogP contribution in [0, 0.1) is 0 Å². The number of aromatic hydroxyl groups is 1. The van der Waals surface area contributed by atoms with Crippen LogP contribution in [0.2, 0.25) is 5.02 Å². The van der Waals surface area contributed by atoms with Gasteiger partial charge in [-0.2, -0.15) is 0 Å². The molecule has 2 N–H and O–H groups in total. The number of ketones is 1. The van der Waals surface area contributed by atoms with Crippen LogP contribution < -0.4 is 4.90 Å². The van der Waals surface area contributed by atoms with Gasteiger partial charge in [0, 0.05) is 10.6 Å². The summed E-state index contributed by atoms with van der Waals surface area (Å²) in [5.74, 6) is -2.13. The number of benzene rings is 3. The summed E-state index contributed by atoms with van der Waals surface area (Å²) in [5, 5.41) is 21.7. The molecular weight excluding hydrogens is 390 g/mol. The van der Waals surface area contributed by atoms with Crippen molar-refractivity contribution in [3.63, 3.8) is 0 Å². The predicted octanol–water partition coefficient (Wildman–Crippen LogP) is 4.67. The van der Waals surface area contributed by atoms with Gasteiger partial charge in [0.1, 0.15) is 11.5 Å². The zero-order valence-electron chi connectivity index (χ0n) is 15.1. The minimum atomic E-state index is -0.900. The minimum Gasteiger partial charge on any atom is -0.507 e. The summed E-state index contributed by atoms with van der Waals surface area (Å²) >= 11 is 6.03. The molecule has 5 nitrogen and oxygen atoms in total. The Kier molecular flexibility index (Phi) is 4.82. The molecule has 1 fully saturated rings. The highest BCUT2D eigenvalue weighted by molar-refractivity contribution is 6.52. The van der Waals surface area contributed by atoms with Crippen LogP contribution in [0.5, 0.6) is 5.75 Å². The Hall–Kier alpha value is -3.57. The van der Waals surface area contributed by atoms with Gasteiger partial charge in [-0.05, 0) is 29.8 Å². The van der Waals surface area contributed by atoms with Crippen LogP contribution in [0.15, 0.2) is 84.4 Å². The lowest BCUT2D eigenvalue weighted by Crippen LogP contribution is -2.29. The number of hydrogen-bond acceptors (Lipinski definition) is 4. The third-order valence-electron chi connectivity index (χ3n) is 4.80. The molecule has 0 spiro atoms. The first-order valence-electron chi connectivity index (χ1n) is 8.89. The van der Waals surface area contributed by atoms with Gasteiger partial charge in [-0.1, -0.05) is 66.2 Å².